The van der Waals surface area contributed by atoms with Gasteiger partial charge in [-0.2, -0.15) is 0 Å². The van der Waals surface area contributed by atoms with Crippen LogP contribution in [0.5, 0.6) is 0 Å². The van der Waals surface area contributed by atoms with Gasteiger partial charge < -0.3 is 16.0 Å². The minimum atomic E-state index is 0.112. The predicted molar refractivity (Wildman–Crippen MR) is 67.0 cm³/mol. The second-order valence-corrected chi connectivity index (χ2v) is 3.73. The van der Waals surface area contributed by atoms with Crippen molar-refractivity contribution in [2.24, 2.45) is 10.9 Å². The molecule has 0 aliphatic heterocycles. The van der Waals surface area contributed by atoms with E-state index >= 15 is 0 Å². The lowest BCUT2D eigenvalue weighted by molar-refractivity contribution is 0.196. The van der Waals surface area contributed by atoms with Gasteiger partial charge in [0.05, 0.1) is 6.61 Å². The number of aliphatic hydroxyl groups excluding tert-OH is 1. The van der Waals surface area contributed by atoms with Crippen LogP contribution in [0.25, 0.3) is 0 Å². The first-order valence-corrected chi connectivity index (χ1v) is 5.62. The van der Waals surface area contributed by atoms with Gasteiger partial charge in [0.15, 0.2) is 5.84 Å². The van der Waals surface area contributed by atoms with Gasteiger partial charge in [0.1, 0.15) is 0 Å². The second kappa shape index (κ2) is 6.88. The van der Waals surface area contributed by atoms with Crippen LogP contribution in [0.3, 0.4) is 0 Å². The van der Waals surface area contributed by atoms with Crippen LogP contribution >= 0.6 is 0 Å². The number of benzene rings is 1. The Morgan fingerprint density at radius 3 is 2.71 bits per heavy atom. The Morgan fingerprint density at radius 2 is 2.12 bits per heavy atom. The summed E-state index contributed by atoms with van der Waals surface area (Å²) in [6.07, 6.45) is 0. The van der Waals surface area contributed by atoms with E-state index in [1.807, 2.05) is 31.2 Å². The molecule has 0 aliphatic carbocycles. The first-order chi connectivity index (χ1) is 8.22. The zero-order valence-corrected chi connectivity index (χ0v) is 10.0. The fourth-order valence-electron chi connectivity index (χ4n) is 1.69. The molecule has 0 fully saturated rings. The maximum atomic E-state index is 8.94. The molecule has 0 bridgehead atoms. The van der Waals surface area contributed by atoms with E-state index in [9.17, 15) is 0 Å². The normalized spacial score (nSPS) is 12.1. The van der Waals surface area contributed by atoms with Crippen LogP contribution in [-0.2, 0) is 6.54 Å². The molecular weight excluding hydrogens is 218 g/mol. The highest BCUT2D eigenvalue weighted by Gasteiger charge is 2.09. The number of nitrogens with zero attached hydrogens (tertiary/aromatic N) is 2. The number of nitrogens with two attached hydrogens (primary N) is 1. The fraction of sp³-hybridized carbons (Fsp3) is 0.417. The third-order valence-corrected chi connectivity index (χ3v) is 2.66. The van der Waals surface area contributed by atoms with Gasteiger partial charge in [-0.05, 0) is 12.1 Å². The SMILES string of the molecule is CCN(CCO)Cc1ccccc1/C(N)=N/O. The summed E-state index contributed by atoms with van der Waals surface area (Å²) in [5.41, 5.74) is 7.33. The summed E-state index contributed by atoms with van der Waals surface area (Å²) in [5, 5.41) is 20.7. The van der Waals surface area contributed by atoms with Gasteiger partial charge in [-0.1, -0.05) is 36.3 Å². The molecule has 0 saturated heterocycles. The summed E-state index contributed by atoms with van der Waals surface area (Å²) in [4.78, 5) is 2.09. The summed E-state index contributed by atoms with van der Waals surface area (Å²) in [6, 6.07) is 7.51. The molecule has 1 rings (SSSR count). The van der Waals surface area contributed by atoms with E-state index < -0.39 is 0 Å². The summed E-state index contributed by atoms with van der Waals surface area (Å²) in [5.74, 6) is 0.112. The molecule has 0 spiro atoms. The first-order valence-electron chi connectivity index (χ1n) is 5.62. The third-order valence-electron chi connectivity index (χ3n) is 2.66. The van der Waals surface area contributed by atoms with Crippen LogP contribution in [0.4, 0.5) is 0 Å². The van der Waals surface area contributed by atoms with Gasteiger partial charge in [-0.3, -0.25) is 4.90 Å². The molecule has 17 heavy (non-hydrogen) atoms. The molecule has 1 aromatic rings. The molecule has 94 valence electrons. The number of aliphatic hydroxyl groups is 1. The molecule has 5 nitrogen and oxygen atoms in total. The van der Waals surface area contributed by atoms with Crippen molar-refractivity contribution in [2.45, 2.75) is 13.5 Å². The van der Waals surface area contributed by atoms with Crippen LogP contribution in [-0.4, -0.2) is 40.7 Å². The summed E-state index contributed by atoms with van der Waals surface area (Å²) in [6.45, 7) is 4.27. The molecule has 0 radical (unpaired) electrons. The predicted octanol–water partition coefficient (Wildman–Crippen LogP) is 0.595. The molecule has 0 aromatic heterocycles. The van der Waals surface area contributed by atoms with Gasteiger partial charge >= 0.3 is 0 Å². The van der Waals surface area contributed by atoms with Crippen molar-refractivity contribution < 1.29 is 10.3 Å². The van der Waals surface area contributed by atoms with Gasteiger partial charge in [0, 0.05) is 18.7 Å². The number of amidine groups is 1. The number of oxime groups is 1. The van der Waals surface area contributed by atoms with Crippen LogP contribution in [0.2, 0.25) is 0 Å². The third kappa shape index (κ3) is 3.72. The minimum Gasteiger partial charge on any atom is -0.409 e. The monoisotopic (exact) mass is 237 g/mol. The van der Waals surface area contributed by atoms with Crippen LogP contribution < -0.4 is 5.73 Å². The number of hydrogen-bond acceptors (Lipinski definition) is 4. The van der Waals surface area contributed by atoms with Crippen molar-refractivity contribution in [3.8, 4) is 0 Å². The smallest absolute Gasteiger partial charge is 0.170 e. The van der Waals surface area contributed by atoms with Crippen LogP contribution in [0.1, 0.15) is 18.1 Å². The number of rotatable bonds is 6. The maximum Gasteiger partial charge on any atom is 0.170 e. The van der Waals surface area contributed by atoms with Gasteiger partial charge in [0.25, 0.3) is 0 Å². The lowest BCUT2D eigenvalue weighted by atomic mass is 10.1. The molecule has 5 heteroatoms. The van der Waals surface area contributed by atoms with Gasteiger partial charge in [-0.15, -0.1) is 0 Å². The van der Waals surface area contributed by atoms with E-state index in [4.69, 9.17) is 16.0 Å². The number of likely N-dealkylation sites (N-methyl/N-ethyl adjacent to an activating group) is 1. The molecule has 0 aliphatic rings. The summed E-state index contributed by atoms with van der Waals surface area (Å²) >= 11 is 0. The fourth-order valence-corrected chi connectivity index (χ4v) is 1.69. The maximum absolute atomic E-state index is 8.94. The Hall–Kier alpha value is -1.59. The van der Waals surface area contributed by atoms with Crippen molar-refractivity contribution in [1.29, 1.82) is 0 Å². The van der Waals surface area contributed by atoms with E-state index in [-0.39, 0.29) is 12.4 Å². The zero-order chi connectivity index (χ0) is 12.7. The van der Waals surface area contributed by atoms with E-state index in [1.54, 1.807) is 0 Å². The van der Waals surface area contributed by atoms with Crippen molar-refractivity contribution in [1.82, 2.24) is 4.90 Å². The lowest BCUT2D eigenvalue weighted by Crippen LogP contribution is -2.27. The molecule has 0 amide bonds. The number of hydrogen-bond donors (Lipinski definition) is 3. The largest absolute Gasteiger partial charge is 0.409 e. The Kier molecular flexibility index (Phi) is 5.45. The molecular formula is C12H19N3O2. The van der Waals surface area contributed by atoms with Crippen molar-refractivity contribution in [3.63, 3.8) is 0 Å². The summed E-state index contributed by atoms with van der Waals surface area (Å²) < 4.78 is 0. The highest BCUT2D eigenvalue weighted by atomic mass is 16.4. The first kappa shape index (κ1) is 13.5. The topological polar surface area (TPSA) is 82.1 Å². The van der Waals surface area contributed by atoms with E-state index in [0.29, 0.717) is 13.1 Å². The van der Waals surface area contributed by atoms with Crippen molar-refractivity contribution >= 4 is 5.84 Å². The molecule has 1 aromatic carbocycles. The highest BCUT2D eigenvalue weighted by molar-refractivity contribution is 5.98. The Balaban J connectivity index is 2.89. The van der Waals surface area contributed by atoms with E-state index in [1.165, 1.54) is 0 Å². The molecule has 4 N–H and O–H groups in total. The minimum absolute atomic E-state index is 0.112. The quantitative estimate of drug-likeness (QED) is 0.293. The van der Waals surface area contributed by atoms with Crippen LogP contribution in [0.15, 0.2) is 29.4 Å². The molecule has 0 saturated carbocycles. The Labute approximate surface area is 101 Å². The van der Waals surface area contributed by atoms with Crippen LogP contribution in [0, 0.1) is 0 Å². The Morgan fingerprint density at radius 1 is 1.41 bits per heavy atom. The molecule has 0 unspecified atom stereocenters. The van der Waals surface area contributed by atoms with Gasteiger partial charge in [-0.25, -0.2) is 0 Å². The van der Waals surface area contributed by atoms with Crippen molar-refractivity contribution in [2.75, 3.05) is 19.7 Å². The lowest BCUT2D eigenvalue weighted by Gasteiger charge is -2.20. The second-order valence-electron chi connectivity index (χ2n) is 3.73. The molecule has 0 atom stereocenters. The van der Waals surface area contributed by atoms with E-state index in [0.717, 1.165) is 17.7 Å². The molecule has 0 heterocycles. The standard InChI is InChI=1S/C12H19N3O2/c1-2-15(7-8-16)9-10-5-3-4-6-11(10)12(13)14-17/h3-6,16-17H,2,7-9H2,1H3,(H2,13,14). The average molecular weight is 237 g/mol. The summed E-state index contributed by atoms with van der Waals surface area (Å²) in [7, 11) is 0. The Bertz CT molecular complexity index is 380. The van der Waals surface area contributed by atoms with E-state index in [2.05, 4.69) is 10.1 Å². The van der Waals surface area contributed by atoms with Crippen molar-refractivity contribution in [3.05, 3.63) is 35.4 Å². The average Bonchev–Trinajstić information content (AvgIpc) is 2.38. The van der Waals surface area contributed by atoms with Gasteiger partial charge in [0.2, 0.25) is 0 Å². The highest BCUT2D eigenvalue weighted by Crippen LogP contribution is 2.11. The zero-order valence-electron chi connectivity index (χ0n) is 10.0.